The molecule has 0 saturated heterocycles. The van der Waals surface area contributed by atoms with Crippen molar-refractivity contribution in [2.45, 2.75) is 121 Å². The highest BCUT2D eigenvalue weighted by molar-refractivity contribution is 5.71. The number of nitrogens with zero attached hydrogens (tertiary/aromatic N) is 1. The van der Waals surface area contributed by atoms with E-state index in [0.29, 0.717) is 11.3 Å². The maximum absolute atomic E-state index is 4.64. The van der Waals surface area contributed by atoms with E-state index in [9.17, 15) is 0 Å². The van der Waals surface area contributed by atoms with Gasteiger partial charge in [0.05, 0.1) is 0 Å². The molecular weight excluding hydrogens is 434 g/mol. The highest BCUT2D eigenvalue weighted by Crippen LogP contribution is 2.39. The monoisotopic (exact) mass is 491 g/mol. The largest absolute Gasteiger partial charge is 0.317 e. The molecule has 0 fully saturated rings. The summed E-state index contributed by atoms with van der Waals surface area (Å²) in [7, 11) is 0. The van der Waals surface area contributed by atoms with Crippen LogP contribution in [0.15, 0.2) is 60.5 Å². The summed E-state index contributed by atoms with van der Waals surface area (Å²) in [4.78, 5) is 2.38. The maximum Gasteiger partial charge on any atom is 0.0487 e. The zero-order chi connectivity index (χ0) is 27.3. The minimum Gasteiger partial charge on any atom is -0.317 e. The SMILES string of the molecule is C=C(/C(=C/C)N(/C=C\CC)/C(=C/C)c1cccc(C)c1CC)[C@H](C)CCCCC(C)(CCC)C(C)C. The molecule has 1 aromatic carbocycles. The lowest BCUT2D eigenvalue weighted by molar-refractivity contribution is 0.172. The minimum atomic E-state index is 0.450. The highest BCUT2D eigenvalue weighted by atomic mass is 15.1. The fourth-order valence-electron chi connectivity index (χ4n) is 5.50. The van der Waals surface area contributed by atoms with Crippen LogP contribution in [0.25, 0.3) is 5.70 Å². The number of benzene rings is 1. The van der Waals surface area contributed by atoms with Gasteiger partial charge in [0.2, 0.25) is 0 Å². The molecule has 202 valence electrons. The van der Waals surface area contributed by atoms with Crippen LogP contribution in [-0.2, 0) is 6.42 Å². The van der Waals surface area contributed by atoms with E-state index in [2.05, 4.69) is 123 Å². The molecule has 0 amide bonds. The first-order valence-corrected chi connectivity index (χ1v) is 14.7. The summed E-state index contributed by atoms with van der Waals surface area (Å²) in [5.74, 6) is 1.19. The van der Waals surface area contributed by atoms with Crippen molar-refractivity contribution in [1.82, 2.24) is 4.90 Å². The average molecular weight is 492 g/mol. The summed E-state index contributed by atoms with van der Waals surface area (Å²) >= 11 is 0. The molecule has 0 aliphatic rings. The highest BCUT2D eigenvalue weighted by Gasteiger charge is 2.27. The van der Waals surface area contributed by atoms with Crippen LogP contribution in [0.5, 0.6) is 0 Å². The summed E-state index contributed by atoms with van der Waals surface area (Å²) in [6.07, 6.45) is 18.8. The van der Waals surface area contributed by atoms with Crippen LogP contribution in [-0.4, -0.2) is 4.90 Å². The van der Waals surface area contributed by atoms with E-state index in [4.69, 9.17) is 0 Å². The van der Waals surface area contributed by atoms with Crippen LogP contribution in [0.1, 0.15) is 124 Å². The van der Waals surface area contributed by atoms with Gasteiger partial charge >= 0.3 is 0 Å². The average Bonchev–Trinajstić information content (AvgIpc) is 2.85. The van der Waals surface area contributed by atoms with Crippen LogP contribution in [0, 0.1) is 24.2 Å². The second kappa shape index (κ2) is 16.0. The molecule has 0 radical (unpaired) electrons. The number of allylic oxidation sites excluding steroid dienone is 4. The Labute approximate surface area is 225 Å². The first-order chi connectivity index (χ1) is 17.1. The number of hydrogen-bond donors (Lipinski definition) is 0. The third-order valence-electron chi connectivity index (χ3n) is 8.37. The summed E-state index contributed by atoms with van der Waals surface area (Å²) in [6, 6.07) is 6.69. The van der Waals surface area contributed by atoms with Gasteiger partial charge in [-0.2, -0.15) is 0 Å². The molecule has 0 bridgehead atoms. The van der Waals surface area contributed by atoms with E-state index in [1.165, 1.54) is 72.2 Å². The van der Waals surface area contributed by atoms with Gasteiger partial charge in [0.1, 0.15) is 0 Å². The van der Waals surface area contributed by atoms with Gasteiger partial charge in [0.25, 0.3) is 0 Å². The Hall–Kier alpha value is -2.02. The van der Waals surface area contributed by atoms with Crippen LogP contribution < -0.4 is 0 Å². The standard InChI is InChI=1S/C35H57N/c1-12-17-26-36(34(16-5)32-23-20-22-29(9)31(32)14-3)33(15-4)30(10)28(8)21-18-19-25-35(11,24-13-2)27(6)7/h15-17,20,22-23,26-28H,10,12-14,18-19,21,24-25H2,1-9,11H3/b26-17-,33-15-,34-16+/t28-,35?/m1/s1. The van der Waals surface area contributed by atoms with Crippen molar-refractivity contribution < 1.29 is 0 Å². The lowest BCUT2D eigenvalue weighted by Crippen LogP contribution is -2.23. The van der Waals surface area contributed by atoms with Crippen molar-refractivity contribution in [3.05, 3.63) is 77.2 Å². The Bertz CT molecular complexity index is 897. The van der Waals surface area contributed by atoms with Gasteiger partial charge in [-0.3, -0.25) is 0 Å². The number of unbranched alkanes of at least 4 members (excludes halogenated alkanes) is 1. The lowest BCUT2D eigenvalue weighted by atomic mass is 9.72. The van der Waals surface area contributed by atoms with E-state index >= 15 is 0 Å². The summed E-state index contributed by atoms with van der Waals surface area (Å²) in [5, 5.41) is 0. The molecule has 0 aliphatic heterocycles. The Morgan fingerprint density at radius 2 is 1.72 bits per heavy atom. The smallest absolute Gasteiger partial charge is 0.0487 e. The predicted octanol–water partition coefficient (Wildman–Crippen LogP) is 11.3. The molecule has 1 heteroatoms. The van der Waals surface area contributed by atoms with Gasteiger partial charge in [-0.15, -0.1) is 0 Å². The Morgan fingerprint density at radius 1 is 1.03 bits per heavy atom. The molecule has 2 atom stereocenters. The second-order valence-corrected chi connectivity index (χ2v) is 11.2. The van der Waals surface area contributed by atoms with Gasteiger partial charge in [-0.25, -0.2) is 0 Å². The molecule has 0 spiro atoms. The first kappa shape index (κ1) is 32.0. The third kappa shape index (κ3) is 8.53. The topological polar surface area (TPSA) is 3.24 Å². The Balaban J connectivity index is 3.12. The van der Waals surface area contributed by atoms with Crippen LogP contribution in [0.3, 0.4) is 0 Å². The molecule has 0 N–H and O–H groups in total. The molecule has 0 aromatic heterocycles. The molecule has 0 saturated carbocycles. The first-order valence-electron chi connectivity index (χ1n) is 14.7. The summed E-state index contributed by atoms with van der Waals surface area (Å²) in [5.41, 5.74) is 8.29. The Kier molecular flexibility index (Phi) is 14.2. The molecule has 0 heterocycles. The molecule has 1 nitrogen and oxygen atoms in total. The van der Waals surface area contributed by atoms with Gasteiger partial charge in [-0.05, 0) is 86.8 Å². The second-order valence-electron chi connectivity index (χ2n) is 11.2. The fourth-order valence-corrected chi connectivity index (χ4v) is 5.50. The summed E-state index contributed by atoms with van der Waals surface area (Å²) < 4.78 is 0. The normalized spacial score (nSPS) is 15.4. The zero-order valence-electron chi connectivity index (χ0n) is 25.5. The molecule has 1 unspecified atom stereocenters. The van der Waals surface area contributed by atoms with E-state index in [-0.39, 0.29) is 0 Å². The van der Waals surface area contributed by atoms with Crippen molar-refractivity contribution in [3.8, 4) is 0 Å². The number of aryl methyl sites for hydroxylation is 1. The van der Waals surface area contributed by atoms with Crippen molar-refractivity contribution in [1.29, 1.82) is 0 Å². The van der Waals surface area contributed by atoms with E-state index in [1.807, 2.05) is 0 Å². The van der Waals surface area contributed by atoms with Crippen molar-refractivity contribution in [3.63, 3.8) is 0 Å². The molecular formula is C35H57N. The van der Waals surface area contributed by atoms with E-state index in [0.717, 1.165) is 18.8 Å². The zero-order valence-corrected chi connectivity index (χ0v) is 25.5. The maximum atomic E-state index is 4.64. The van der Waals surface area contributed by atoms with Crippen molar-refractivity contribution in [2.75, 3.05) is 0 Å². The molecule has 1 rings (SSSR count). The van der Waals surface area contributed by atoms with Gasteiger partial charge in [0.15, 0.2) is 0 Å². The molecule has 36 heavy (non-hydrogen) atoms. The lowest BCUT2D eigenvalue weighted by Gasteiger charge is -2.34. The quantitative estimate of drug-likeness (QED) is 0.164. The number of hydrogen-bond acceptors (Lipinski definition) is 1. The fraction of sp³-hybridized carbons (Fsp3) is 0.600. The van der Waals surface area contributed by atoms with Gasteiger partial charge in [-0.1, -0.05) is 111 Å². The predicted molar refractivity (Wildman–Crippen MR) is 164 cm³/mol. The van der Waals surface area contributed by atoms with Gasteiger partial charge < -0.3 is 4.90 Å². The minimum absolute atomic E-state index is 0.450. The number of rotatable bonds is 16. The third-order valence-corrected chi connectivity index (χ3v) is 8.37. The van der Waals surface area contributed by atoms with Crippen molar-refractivity contribution >= 4 is 5.70 Å². The molecule has 1 aromatic rings. The van der Waals surface area contributed by atoms with E-state index in [1.54, 1.807) is 0 Å². The van der Waals surface area contributed by atoms with Crippen molar-refractivity contribution in [2.24, 2.45) is 17.3 Å². The van der Waals surface area contributed by atoms with E-state index < -0.39 is 0 Å². The van der Waals surface area contributed by atoms with Gasteiger partial charge in [0, 0.05) is 23.2 Å². The van der Waals surface area contributed by atoms with Crippen LogP contribution in [0.4, 0.5) is 0 Å². The summed E-state index contributed by atoms with van der Waals surface area (Å²) in [6.45, 7) is 27.6. The van der Waals surface area contributed by atoms with Crippen LogP contribution in [0.2, 0.25) is 0 Å². The van der Waals surface area contributed by atoms with Crippen LogP contribution >= 0.6 is 0 Å². The Morgan fingerprint density at radius 3 is 2.25 bits per heavy atom. The molecule has 0 aliphatic carbocycles.